The minimum Gasteiger partial charge on any atom is -0.481 e. The molecule has 0 amide bonds. The van der Waals surface area contributed by atoms with Gasteiger partial charge in [-0.25, -0.2) is 13.8 Å². The summed E-state index contributed by atoms with van der Waals surface area (Å²) >= 11 is 0. The van der Waals surface area contributed by atoms with E-state index in [1.807, 2.05) is 16.8 Å². The van der Waals surface area contributed by atoms with Crippen molar-refractivity contribution in [1.82, 2.24) is 19.9 Å². The van der Waals surface area contributed by atoms with Gasteiger partial charge in [0.25, 0.3) is 0 Å². The molecule has 6 nitrogen and oxygen atoms in total. The van der Waals surface area contributed by atoms with Crippen LogP contribution in [0, 0.1) is 11.6 Å². The number of hydrogen-bond acceptors (Lipinski definition) is 6. The summed E-state index contributed by atoms with van der Waals surface area (Å²) in [6.45, 7) is 1.70. The van der Waals surface area contributed by atoms with Crippen molar-refractivity contribution in [1.29, 1.82) is 0 Å². The molecule has 1 saturated heterocycles. The van der Waals surface area contributed by atoms with E-state index in [4.69, 9.17) is 4.74 Å². The first-order chi connectivity index (χ1) is 12.1. The third kappa shape index (κ3) is 4.01. The number of ether oxygens (including phenoxy) is 1. The van der Waals surface area contributed by atoms with E-state index in [9.17, 15) is 8.78 Å². The van der Waals surface area contributed by atoms with Gasteiger partial charge in [-0.3, -0.25) is 9.88 Å². The third-order valence-corrected chi connectivity index (χ3v) is 4.50. The largest absolute Gasteiger partial charge is 0.481 e. The smallest absolute Gasteiger partial charge is 0.228 e. The minimum atomic E-state index is -0.605. The summed E-state index contributed by atoms with van der Waals surface area (Å²) in [5, 5.41) is 0. The molecule has 0 aliphatic carbocycles. The molecular weight excluding hydrogens is 328 g/mol. The maximum absolute atomic E-state index is 13.8. The molecule has 8 heteroatoms. The van der Waals surface area contributed by atoms with Crippen LogP contribution in [0.5, 0.6) is 5.88 Å². The van der Waals surface area contributed by atoms with Crippen molar-refractivity contribution in [3.05, 3.63) is 41.9 Å². The molecule has 0 N–H and O–H groups in total. The van der Waals surface area contributed by atoms with Crippen LogP contribution in [0.1, 0.15) is 18.4 Å². The lowest BCUT2D eigenvalue weighted by atomic mass is 10.0. The van der Waals surface area contributed by atoms with Crippen molar-refractivity contribution in [3.63, 3.8) is 0 Å². The van der Waals surface area contributed by atoms with Crippen LogP contribution in [0.25, 0.3) is 0 Å². The van der Waals surface area contributed by atoms with Crippen LogP contribution in [0.2, 0.25) is 0 Å². The number of likely N-dealkylation sites (tertiary alicyclic amines) is 1. The molecule has 0 spiro atoms. The van der Waals surface area contributed by atoms with E-state index in [-0.39, 0.29) is 18.2 Å². The summed E-state index contributed by atoms with van der Waals surface area (Å²) in [4.78, 5) is 16.2. The number of methoxy groups -OCH3 is 1. The Hall–Kier alpha value is -2.35. The number of nitrogens with zero attached hydrogens (tertiary/aromatic N) is 5. The fourth-order valence-corrected chi connectivity index (χ4v) is 3.08. The minimum absolute atomic E-state index is 0.0657. The zero-order valence-corrected chi connectivity index (χ0v) is 14.3. The number of piperidine rings is 1. The summed E-state index contributed by atoms with van der Waals surface area (Å²) < 4.78 is 32.8. The van der Waals surface area contributed by atoms with Gasteiger partial charge in [0.15, 0.2) is 0 Å². The van der Waals surface area contributed by atoms with Crippen molar-refractivity contribution in [2.24, 2.45) is 0 Å². The molecule has 1 fully saturated rings. The molecule has 0 aromatic carbocycles. The van der Waals surface area contributed by atoms with Crippen LogP contribution >= 0.6 is 0 Å². The highest BCUT2D eigenvalue weighted by Crippen LogP contribution is 2.22. The summed E-state index contributed by atoms with van der Waals surface area (Å²) in [6.07, 6.45) is 5.66. The molecule has 0 saturated carbocycles. The second-order valence-electron chi connectivity index (χ2n) is 6.12. The SMILES string of the molecule is COc1ccnc(N(C)C2CCCN(Cc3c(F)cncc3F)C2)n1. The van der Waals surface area contributed by atoms with Crippen LogP contribution in [-0.4, -0.2) is 53.1 Å². The zero-order chi connectivity index (χ0) is 17.8. The van der Waals surface area contributed by atoms with Crippen LogP contribution in [0.4, 0.5) is 14.7 Å². The van der Waals surface area contributed by atoms with Gasteiger partial charge in [-0.2, -0.15) is 4.98 Å². The summed E-state index contributed by atoms with van der Waals surface area (Å²) in [5.41, 5.74) is 0.0657. The standard InChI is InChI=1S/C17H21F2N5O/c1-23(17-21-6-5-16(22-17)25-2)12-4-3-7-24(10-12)11-13-14(18)8-20-9-15(13)19/h5-6,8-9,12H,3-4,7,10-11H2,1-2H3. The average Bonchev–Trinajstić information content (AvgIpc) is 2.64. The average molecular weight is 349 g/mol. The first-order valence-corrected chi connectivity index (χ1v) is 8.18. The predicted octanol–water partition coefficient (Wildman–Crippen LogP) is 2.26. The number of anilines is 1. The van der Waals surface area contributed by atoms with E-state index in [0.29, 0.717) is 18.4 Å². The number of likely N-dealkylation sites (N-methyl/N-ethyl adjacent to an activating group) is 1. The Morgan fingerprint density at radius 1 is 1.32 bits per heavy atom. The normalized spacial score (nSPS) is 18.2. The molecule has 1 aliphatic rings. The van der Waals surface area contributed by atoms with Gasteiger partial charge in [0.1, 0.15) is 11.6 Å². The molecule has 134 valence electrons. The Bertz CT molecular complexity index is 710. The molecule has 1 unspecified atom stereocenters. The lowest BCUT2D eigenvalue weighted by molar-refractivity contribution is 0.193. The van der Waals surface area contributed by atoms with E-state index in [1.54, 1.807) is 19.4 Å². The first kappa shape index (κ1) is 17.5. The van der Waals surface area contributed by atoms with Gasteiger partial charge in [0.05, 0.1) is 19.5 Å². The highest BCUT2D eigenvalue weighted by Gasteiger charge is 2.26. The highest BCUT2D eigenvalue weighted by molar-refractivity contribution is 5.32. The van der Waals surface area contributed by atoms with Crippen LogP contribution in [-0.2, 0) is 6.54 Å². The number of pyridine rings is 1. The maximum Gasteiger partial charge on any atom is 0.228 e. The van der Waals surface area contributed by atoms with Crippen LogP contribution < -0.4 is 9.64 Å². The lowest BCUT2D eigenvalue weighted by Crippen LogP contribution is -2.47. The fourth-order valence-electron chi connectivity index (χ4n) is 3.08. The Morgan fingerprint density at radius 2 is 2.08 bits per heavy atom. The number of hydrogen-bond donors (Lipinski definition) is 0. The third-order valence-electron chi connectivity index (χ3n) is 4.50. The molecule has 25 heavy (non-hydrogen) atoms. The topological polar surface area (TPSA) is 54.4 Å². The van der Waals surface area contributed by atoms with Gasteiger partial charge < -0.3 is 9.64 Å². The van der Waals surface area contributed by atoms with Crippen molar-refractivity contribution < 1.29 is 13.5 Å². The molecule has 2 aromatic rings. The van der Waals surface area contributed by atoms with Crippen molar-refractivity contribution in [3.8, 4) is 5.88 Å². The van der Waals surface area contributed by atoms with Gasteiger partial charge in [-0.05, 0) is 19.4 Å². The monoisotopic (exact) mass is 349 g/mol. The Morgan fingerprint density at radius 3 is 2.80 bits per heavy atom. The van der Waals surface area contributed by atoms with Gasteiger partial charge in [-0.15, -0.1) is 0 Å². The van der Waals surface area contributed by atoms with Gasteiger partial charge in [0, 0.05) is 44.0 Å². The van der Waals surface area contributed by atoms with Crippen LogP contribution in [0.3, 0.4) is 0 Å². The van der Waals surface area contributed by atoms with E-state index >= 15 is 0 Å². The molecule has 3 rings (SSSR count). The summed E-state index contributed by atoms with van der Waals surface area (Å²) in [6, 6.07) is 1.85. The van der Waals surface area contributed by atoms with Gasteiger partial charge >= 0.3 is 0 Å². The molecule has 0 bridgehead atoms. The zero-order valence-electron chi connectivity index (χ0n) is 14.3. The van der Waals surface area contributed by atoms with E-state index in [0.717, 1.165) is 31.8 Å². The maximum atomic E-state index is 13.8. The van der Waals surface area contributed by atoms with E-state index in [2.05, 4.69) is 15.0 Å². The highest BCUT2D eigenvalue weighted by atomic mass is 19.1. The van der Waals surface area contributed by atoms with Gasteiger partial charge in [-0.1, -0.05) is 0 Å². The lowest BCUT2D eigenvalue weighted by Gasteiger charge is -2.37. The molecule has 3 heterocycles. The van der Waals surface area contributed by atoms with Crippen molar-refractivity contribution >= 4 is 5.95 Å². The summed E-state index contributed by atoms with van der Waals surface area (Å²) in [7, 11) is 3.49. The van der Waals surface area contributed by atoms with E-state index in [1.165, 1.54) is 0 Å². The van der Waals surface area contributed by atoms with E-state index < -0.39 is 11.6 Å². The Kier molecular flexibility index (Phi) is 5.37. The van der Waals surface area contributed by atoms with Crippen LogP contribution in [0.15, 0.2) is 24.7 Å². The number of aromatic nitrogens is 3. The Labute approximate surface area is 145 Å². The fraction of sp³-hybridized carbons (Fsp3) is 0.471. The molecule has 1 aliphatic heterocycles. The van der Waals surface area contributed by atoms with Crippen molar-refractivity contribution in [2.45, 2.75) is 25.4 Å². The molecule has 2 aromatic heterocycles. The molecule has 1 atom stereocenters. The quantitative estimate of drug-likeness (QED) is 0.825. The first-order valence-electron chi connectivity index (χ1n) is 8.18. The second-order valence-corrected chi connectivity index (χ2v) is 6.12. The van der Waals surface area contributed by atoms with Crippen molar-refractivity contribution in [2.75, 3.05) is 32.1 Å². The second kappa shape index (κ2) is 7.69. The number of rotatable bonds is 5. The Balaban J connectivity index is 1.70. The number of halogens is 2. The molecular formula is C17H21F2N5O. The molecule has 0 radical (unpaired) electrons. The summed E-state index contributed by atoms with van der Waals surface area (Å²) in [5.74, 6) is -0.129. The predicted molar refractivity (Wildman–Crippen MR) is 89.4 cm³/mol. The van der Waals surface area contributed by atoms with Gasteiger partial charge in [0.2, 0.25) is 11.8 Å².